The molecule has 0 N–H and O–H groups in total. The molecular weight excluding hydrogens is 248 g/mol. The number of rotatable bonds is 4. The Bertz CT molecular complexity index is 334. The van der Waals surface area contributed by atoms with E-state index in [2.05, 4.69) is 61.5 Å². The molecule has 1 atom stereocenters. The van der Waals surface area contributed by atoms with Crippen molar-refractivity contribution in [1.29, 1.82) is 0 Å². The Balaban J connectivity index is 2.93. The van der Waals surface area contributed by atoms with Gasteiger partial charge in [-0.05, 0) is 31.2 Å². The molecule has 15 heavy (non-hydrogen) atoms. The molecule has 0 amide bonds. The molecule has 1 heteroatoms. The minimum absolute atomic E-state index is 0.153. The first-order valence-electron chi connectivity index (χ1n) is 5.26. The van der Waals surface area contributed by atoms with Crippen LogP contribution < -0.4 is 0 Å². The number of aryl methyl sites for hydroxylation is 2. The quantitative estimate of drug-likeness (QED) is 0.559. The zero-order valence-corrected chi connectivity index (χ0v) is 11.4. The van der Waals surface area contributed by atoms with E-state index in [-0.39, 0.29) is 5.41 Å². The second kappa shape index (κ2) is 4.98. The van der Waals surface area contributed by atoms with E-state index in [1.165, 1.54) is 16.7 Å². The predicted molar refractivity (Wildman–Crippen MR) is 71.7 cm³/mol. The number of alkyl halides is 1. The molecule has 0 nitrogen and oxygen atoms in total. The van der Waals surface area contributed by atoms with E-state index >= 15 is 0 Å². The molecule has 0 aliphatic rings. The average Bonchev–Trinajstić information content (AvgIpc) is 2.16. The van der Waals surface area contributed by atoms with Crippen molar-refractivity contribution in [2.75, 3.05) is 5.33 Å². The molecule has 1 unspecified atom stereocenters. The molecule has 0 spiro atoms. The molecule has 1 rings (SSSR count). The summed E-state index contributed by atoms with van der Waals surface area (Å²) in [5.41, 5.74) is 4.23. The van der Waals surface area contributed by atoms with Crippen molar-refractivity contribution < 1.29 is 0 Å². The lowest BCUT2D eigenvalue weighted by molar-refractivity contribution is 0.493. The van der Waals surface area contributed by atoms with Gasteiger partial charge in [-0.25, -0.2) is 0 Å². The third-order valence-corrected chi connectivity index (χ3v) is 3.97. The summed E-state index contributed by atoms with van der Waals surface area (Å²) in [4.78, 5) is 0. The SMILES string of the molecule is C=CC(C)(CBr)Cc1cc(C)cc(C)c1. The lowest BCUT2D eigenvalue weighted by atomic mass is 9.85. The largest absolute Gasteiger partial charge is 0.102 e. The number of halogens is 1. The molecule has 0 aromatic heterocycles. The van der Waals surface area contributed by atoms with Gasteiger partial charge in [-0.3, -0.25) is 0 Å². The van der Waals surface area contributed by atoms with Crippen LogP contribution in [-0.2, 0) is 6.42 Å². The number of hydrogen-bond donors (Lipinski definition) is 0. The first-order valence-corrected chi connectivity index (χ1v) is 6.38. The van der Waals surface area contributed by atoms with E-state index in [4.69, 9.17) is 0 Å². The fourth-order valence-corrected chi connectivity index (χ4v) is 2.24. The van der Waals surface area contributed by atoms with Gasteiger partial charge in [-0.1, -0.05) is 58.3 Å². The van der Waals surface area contributed by atoms with Crippen LogP contribution in [-0.4, -0.2) is 5.33 Å². The zero-order chi connectivity index (χ0) is 11.5. The minimum Gasteiger partial charge on any atom is -0.102 e. The molecule has 0 heterocycles. The van der Waals surface area contributed by atoms with E-state index in [0.717, 1.165) is 11.8 Å². The van der Waals surface area contributed by atoms with Gasteiger partial charge in [0.05, 0.1) is 0 Å². The van der Waals surface area contributed by atoms with E-state index in [1.807, 2.05) is 6.08 Å². The van der Waals surface area contributed by atoms with Crippen LogP contribution in [0.4, 0.5) is 0 Å². The van der Waals surface area contributed by atoms with Crippen molar-refractivity contribution in [2.45, 2.75) is 27.2 Å². The second-order valence-electron chi connectivity index (χ2n) is 4.66. The normalized spacial score (nSPS) is 14.7. The standard InChI is InChI=1S/C14H19Br/c1-5-14(4,10-15)9-13-7-11(2)6-12(3)8-13/h5-8H,1,9-10H2,2-4H3. The summed E-state index contributed by atoms with van der Waals surface area (Å²) in [5.74, 6) is 0. The summed E-state index contributed by atoms with van der Waals surface area (Å²) in [6.45, 7) is 10.4. The van der Waals surface area contributed by atoms with Crippen molar-refractivity contribution >= 4 is 15.9 Å². The summed E-state index contributed by atoms with van der Waals surface area (Å²) in [7, 11) is 0. The first-order chi connectivity index (χ1) is 6.99. The summed E-state index contributed by atoms with van der Waals surface area (Å²) in [5, 5.41) is 0.955. The van der Waals surface area contributed by atoms with Crippen LogP contribution in [0, 0.1) is 19.3 Å². The van der Waals surface area contributed by atoms with Gasteiger partial charge in [0.15, 0.2) is 0 Å². The van der Waals surface area contributed by atoms with Crippen LogP contribution in [0.2, 0.25) is 0 Å². The van der Waals surface area contributed by atoms with Crippen LogP contribution in [0.5, 0.6) is 0 Å². The predicted octanol–water partition coefficient (Wildman–Crippen LogP) is 4.43. The monoisotopic (exact) mass is 266 g/mol. The Labute approximate surface area is 102 Å². The molecular formula is C14H19Br. The molecule has 1 aromatic rings. The van der Waals surface area contributed by atoms with Gasteiger partial charge < -0.3 is 0 Å². The molecule has 0 aliphatic heterocycles. The van der Waals surface area contributed by atoms with Crippen LogP contribution in [0.3, 0.4) is 0 Å². The summed E-state index contributed by atoms with van der Waals surface area (Å²) < 4.78 is 0. The van der Waals surface area contributed by atoms with Gasteiger partial charge in [0, 0.05) is 5.33 Å². The van der Waals surface area contributed by atoms with Gasteiger partial charge in [-0.15, -0.1) is 6.58 Å². The summed E-state index contributed by atoms with van der Waals surface area (Å²) in [6.07, 6.45) is 3.09. The van der Waals surface area contributed by atoms with Gasteiger partial charge in [0.1, 0.15) is 0 Å². The second-order valence-corrected chi connectivity index (χ2v) is 5.23. The number of benzene rings is 1. The fourth-order valence-electron chi connectivity index (χ4n) is 1.81. The Hall–Kier alpha value is -0.560. The maximum Gasteiger partial charge on any atom is 0.0123 e. The van der Waals surface area contributed by atoms with Crippen LogP contribution in [0.25, 0.3) is 0 Å². The van der Waals surface area contributed by atoms with Gasteiger partial charge in [0.25, 0.3) is 0 Å². The van der Waals surface area contributed by atoms with Crippen LogP contribution >= 0.6 is 15.9 Å². The fraction of sp³-hybridized carbons (Fsp3) is 0.429. The summed E-state index contributed by atoms with van der Waals surface area (Å²) >= 11 is 3.56. The smallest absolute Gasteiger partial charge is 0.0123 e. The highest BCUT2D eigenvalue weighted by Gasteiger charge is 2.19. The third kappa shape index (κ3) is 3.49. The summed E-state index contributed by atoms with van der Waals surface area (Å²) in [6, 6.07) is 6.73. The maximum absolute atomic E-state index is 3.91. The Morgan fingerprint density at radius 2 is 1.80 bits per heavy atom. The third-order valence-electron chi connectivity index (χ3n) is 2.69. The van der Waals surface area contributed by atoms with E-state index in [0.29, 0.717) is 0 Å². The molecule has 1 aromatic carbocycles. The number of allylic oxidation sites excluding steroid dienone is 1. The topological polar surface area (TPSA) is 0 Å². The van der Waals surface area contributed by atoms with Gasteiger partial charge in [0.2, 0.25) is 0 Å². The Kier molecular flexibility index (Phi) is 4.15. The lowest BCUT2D eigenvalue weighted by Gasteiger charge is -2.23. The minimum atomic E-state index is 0.153. The number of hydrogen-bond acceptors (Lipinski definition) is 0. The van der Waals surface area contributed by atoms with Gasteiger partial charge in [-0.2, -0.15) is 0 Å². The Morgan fingerprint density at radius 3 is 2.20 bits per heavy atom. The molecule has 82 valence electrons. The van der Waals surface area contributed by atoms with E-state index in [9.17, 15) is 0 Å². The molecule has 0 aliphatic carbocycles. The van der Waals surface area contributed by atoms with E-state index in [1.54, 1.807) is 0 Å². The lowest BCUT2D eigenvalue weighted by Crippen LogP contribution is -2.18. The van der Waals surface area contributed by atoms with Crippen molar-refractivity contribution in [3.05, 3.63) is 47.5 Å². The van der Waals surface area contributed by atoms with Crippen molar-refractivity contribution in [2.24, 2.45) is 5.41 Å². The zero-order valence-electron chi connectivity index (χ0n) is 9.81. The maximum atomic E-state index is 3.91. The highest BCUT2D eigenvalue weighted by atomic mass is 79.9. The first kappa shape index (κ1) is 12.5. The van der Waals surface area contributed by atoms with Crippen LogP contribution in [0.15, 0.2) is 30.9 Å². The molecule has 0 saturated heterocycles. The molecule has 0 fully saturated rings. The average molecular weight is 267 g/mol. The Morgan fingerprint density at radius 1 is 1.27 bits per heavy atom. The highest BCUT2D eigenvalue weighted by molar-refractivity contribution is 9.09. The van der Waals surface area contributed by atoms with Crippen molar-refractivity contribution in [1.82, 2.24) is 0 Å². The van der Waals surface area contributed by atoms with Crippen molar-refractivity contribution in [3.8, 4) is 0 Å². The molecule has 0 saturated carbocycles. The van der Waals surface area contributed by atoms with E-state index < -0.39 is 0 Å². The molecule has 0 bridgehead atoms. The van der Waals surface area contributed by atoms with Crippen molar-refractivity contribution in [3.63, 3.8) is 0 Å². The van der Waals surface area contributed by atoms with Gasteiger partial charge >= 0.3 is 0 Å². The van der Waals surface area contributed by atoms with Crippen LogP contribution in [0.1, 0.15) is 23.6 Å². The molecule has 0 radical (unpaired) electrons. The highest BCUT2D eigenvalue weighted by Crippen LogP contribution is 2.27.